The Balaban J connectivity index is 2.00. The lowest BCUT2D eigenvalue weighted by Gasteiger charge is -2.46. The maximum absolute atomic E-state index is 6.25. The van der Waals surface area contributed by atoms with E-state index in [1.54, 1.807) is 0 Å². The molecule has 1 saturated heterocycles. The molecule has 0 aromatic carbocycles. The number of nitrogens with two attached hydrogens (primary N) is 1. The molecule has 3 N–H and O–H groups in total. The minimum Gasteiger partial charge on any atom is -0.327 e. The number of nitrogens with one attached hydrogen (secondary N) is 1. The smallest absolute Gasteiger partial charge is 0.0609 e. The zero-order chi connectivity index (χ0) is 10.1. The molecule has 3 nitrogen and oxygen atoms in total. The molecule has 0 aromatic heterocycles. The predicted molar refractivity (Wildman–Crippen MR) is 58.9 cm³/mol. The SMILES string of the molecule is CN(C)C1CC(N)C2CCCCC2N1. The van der Waals surface area contributed by atoms with Crippen molar-refractivity contribution in [2.75, 3.05) is 14.1 Å². The Morgan fingerprint density at radius 3 is 2.64 bits per heavy atom. The second kappa shape index (κ2) is 4.17. The number of nitrogens with zero attached hydrogens (tertiary/aromatic N) is 1. The van der Waals surface area contributed by atoms with Gasteiger partial charge in [0.1, 0.15) is 0 Å². The third kappa shape index (κ3) is 1.95. The van der Waals surface area contributed by atoms with Crippen molar-refractivity contribution in [1.82, 2.24) is 10.2 Å². The van der Waals surface area contributed by atoms with Crippen LogP contribution in [0.25, 0.3) is 0 Å². The first kappa shape index (κ1) is 10.4. The highest BCUT2D eigenvalue weighted by molar-refractivity contribution is 4.95. The first-order valence-corrected chi connectivity index (χ1v) is 5.86. The normalized spacial score (nSPS) is 43.7. The van der Waals surface area contributed by atoms with E-state index in [1.165, 1.54) is 25.7 Å². The van der Waals surface area contributed by atoms with Crippen LogP contribution in [0.5, 0.6) is 0 Å². The van der Waals surface area contributed by atoms with Crippen molar-refractivity contribution < 1.29 is 0 Å². The maximum Gasteiger partial charge on any atom is 0.0609 e. The van der Waals surface area contributed by atoms with Crippen LogP contribution in [0.1, 0.15) is 32.1 Å². The lowest BCUT2D eigenvalue weighted by molar-refractivity contribution is 0.0881. The fourth-order valence-electron chi connectivity index (χ4n) is 2.99. The molecule has 0 spiro atoms. The van der Waals surface area contributed by atoms with Crippen molar-refractivity contribution >= 4 is 0 Å². The summed E-state index contributed by atoms with van der Waals surface area (Å²) in [6.45, 7) is 0. The van der Waals surface area contributed by atoms with Crippen LogP contribution < -0.4 is 11.1 Å². The van der Waals surface area contributed by atoms with Gasteiger partial charge >= 0.3 is 0 Å². The summed E-state index contributed by atoms with van der Waals surface area (Å²) in [7, 11) is 4.26. The van der Waals surface area contributed by atoms with E-state index in [0.717, 1.165) is 12.3 Å². The molecular weight excluding hydrogens is 174 g/mol. The molecule has 82 valence electrons. The topological polar surface area (TPSA) is 41.3 Å². The van der Waals surface area contributed by atoms with Gasteiger partial charge in [0, 0.05) is 12.1 Å². The van der Waals surface area contributed by atoms with E-state index in [4.69, 9.17) is 5.73 Å². The Hall–Kier alpha value is -0.120. The molecule has 14 heavy (non-hydrogen) atoms. The molecule has 1 saturated carbocycles. The third-order valence-electron chi connectivity index (χ3n) is 3.89. The molecule has 3 heteroatoms. The molecule has 0 amide bonds. The Bertz CT molecular complexity index is 193. The Kier molecular flexibility index (Phi) is 3.10. The van der Waals surface area contributed by atoms with Crippen molar-refractivity contribution in [3.63, 3.8) is 0 Å². The Labute approximate surface area is 87.0 Å². The lowest BCUT2D eigenvalue weighted by Crippen LogP contribution is -2.61. The van der Waals surface area contributed by atoms with E-state index in [1.807, 2.05) is 0 Å². The average Bonchev–Trinajstić information content (AvgIpc) is 2.17. The molecule has 2 rings (SSSR count). The number of rotatable bonds is 1. The third-order valence-corrected chi connectivity index (χ3v) is 3.89. The standard InChI is InChI=1S/C11H23N3/c1-14(2)11-7-9(12)8-5-3-4-6-10(8)13-11/h8-11,13H,3-7,12H2,1-2H3. The summed E-state index contributed by atoms with van der Waals surface area (Å²) in [6.07, 6.45) is 7.00. The van der Waals surface area contributed by atoms with Crippen LogP contribution in [0.4, 0.5) is 0 Å². The molecule has 4 atom stereocenters. The van der Waals surface area contributed by atoms with Crippen LogP contribution in [0.15, 0.2) is 0 Å². The fourth-order valence-corrected chi connectivity index (χ4v) is 2.99. The van der Waals surface area contributed by atoms with Crippen molar-refractivity contribution in [2.24, 2.45) is 11.7 Å². The van der Waals surface area contributed by atoms with Gasteiger partial charge in [-0.1, -0.05) is 12.8 Å². The van der Waals surface area contributed by atoms with Gasteiger partial charge in [-0.2, -0.15) is 0 Å². The highest BCUT2D eigenvalue weighted by Crippen LogP contribution is 2.31. The summed E-state index contributed by atoms with van der Waals surface area (Å²) >= 11 is 0. The monoisotopic (exact) mass is 197 g/mol. The first-order valence-electron chi connectivity index (χ1n) is 5.86. The Morgan fingerprint density at radius 2 is 1.93 bits per heavy atom. The van der Waals surface area contributed by atoms with Crippen LogP contribution in [-0.4, -0.2) is 37.2 Å². The molecule has 2 aliphatic rings. The van der Waals surface area contributed by atoms with E-state index < -0.39 is 0 Å². The second-order valence-electron chi connectivity index (χ2n) is 5.10. The molecule has 4 unspecified atom stereocenters. The molecule has 0 radical (unpaired) electrons. The van der Waals surface area contributed by atoms with E-state index >= 15 is 0 Å². The highest BCUT2D eigenvalue weighted by Gasteiger charge is 2.37. The summed E-state index contributed by atoms with van der Waals surface area (Å²) in [5.74, 6) is 0.736. The van der Waals surface area contributed by atoms with Crippen LogP contribution in [0, 0.1) is 5.92 Å². The first-order chi connectivity index (χ1) is 6.68. The van der Waals surface area contributed by atoms with E-state index in [0.29, 0.717) is 18.2 Å². The van der Waals surface area contributed by atoms with Gasteiger partial charge in [0.25, 0.3) is 0 Å². The molecule has 1 heterocycles. The van der Waals surface area contributed by atoms with Gasteiger partial charge < -0.3 is 5.73 Å². The van der Waals surface area contributed by atoms with E-state index in [-0.39, 0.29) is 0 Å². The van der Waals surface area contributed by atoms with Crippen LogP contribution in [0.3, 0.4) is 0 Å². The van der Waals surface area contributed by atoms with Gasteiger partial charge in [-0.25, -0.2) is 0 Å². The highest BCUT2D eigenvalue weighted by atomic mass is 15.3. The number of fused-ring (bicyclic) bond motifs is 1. The van der Waals surface area contributed by atoms with Gasteiger partial charge in [-0.05, 0) is 39.3 Å². The summed E-state index contributed by atoms with van der Waals surface area (Å²) < 4.78 is 0. The van der Waals surface area contributed by atoms with Crippen molar-refractivity contribution in [3.8, 4) is 0 Å². The molecule has 2 fully saturated rings. The Morgan fingerprint density at radius 1 is 1.21 bits per heavy atom. The maximum atomic E-state index is 6.25. The van der Waals surface area contributed by atoms with Crippen molar-refractivity contribution in [1.29, 1.82) is 0 Å². The molecular formula is C11H23N3. The molecule has 1 aliphatic carbocycles. The van der Waals surface area contributed by atoms with Gasteiger partial charge in [0.2, 0.25) is 0 Å². The largest absolute Gasteiger partial charge is 0.327 e. The fraction of sp³-hybridized carbons (Fsp3) is 1.00. The molecule has 0 bridgehead atoms. The summed E-state index contributed by atoms with van der Waals surface area (Å²) in [4.78, 5) is 2.25. The van der Waals surface area contributed by atoms with Crippen LogP contribution in [-0.2, 0) is 0 Å². The molecule has 0 aromatic rings. The van der Waals surface area contributed by atoms with Gasteiger partial charge in [0.05, 0.1) is 6.17 Å². The zero-order valence-corrected chi connectivity index (χ0v) is 9.37. The number of piperidine rings is 1. The lowest BCUT2D eigenvalue weighted by atomic mass is 9.76. The number of hydrogen-bond donors (Lipinski definition) is 2. The minimum absolute atomic E-state index is 0.411. The quantitative estimate of drug-likeness (QED) is 0.652. The van der Waals surface area contributed by atoms with Gasteiger partial charge in [0.15, 0.2) is 0 Å². The molecule has 1 aliphatic heterocycles. The summed E-state index contributed by atoms with van der Waals surface area (Å²) in [5.41, 5.74) is 6.25. The second-order valence-corrected chi connectivity index (χ2v) is 5.10. The van der Waals surface area contributed by atoms with Gasteiger partial charge in [-0.3, -0.25) is 10.2 Å². The summed E-state index contributed by atoms with van der Waals surface area (Å²) in [6, 6.07) is 1.09. The van der Waals surface area contributed by atoms with E-state index in [9.17, 15) is 0 Å². The van der Waals surface area contributed by atoms with Gasteiger partial charge in [-0.15, -0.1) is 0 Å². The van der Waals surface area contributed by atoms with Crippen molar-refractivity contribution in [3.05, 3.63) is 0 Å². The summed E-state index contributed by atoms with van der Waals surface area (Å²) in [5, 5.41) is 3.73. The van der Waals surface area contributed by atoms with Crippen LogP contribution >= 0.6 is 0 Å². The predicted octanol–water partition coefficient (Wildman–Crippen LogP) is 0.754. The van der Waals surface area contributed by atoms with Crippen molar-refractivity contribution in [2.45, 2.75) is 50.4 Å². The minimum atomic E-state index is 0.411. The van der Waals surface area contributed by atoms with E-state index in [2.05, 4.69) is 24.3 Å². The zero-order valence-electron chi connectivity index (χ0n) is 9.37. The average molecular weight is 197 g/mol. The van der Waals surface area contributed by atoms with Crippen LogP contribution in [0.2, 0.25) is 0 Å². The number of hydrogen-bond acceptors (Lipinski definition) is 3.